The predicted molar refractivity (Wildman–Crippen MR) is 122 cm³/mol. The Morgan fingerprint density at radius 2 is 1.13 bits per heavy atom. The molecule has 0 unspecified atom stereocenters. The zero-order valence-electron chi connectivity index (χ0n) is 16.3. The van der Waals surface area contributed by atoms with Crippen LogP contribution in [0.5, 0.6) is 0 Å². The zero-order valence-corrected chi connectivity index (χ0v) is 16.3. The lowest BCUT2D eigenvalue weighted by molar-refractivity contribution is 0.517. The Bertz CT molecular complexity index is 1380. The summed E-state index contributed by atoms with van der Waals surface area (Å²) in [6, 6.07) is 31.3. The van der Waals surface area contributed by atoms with Gasteiger partial charge in [0.05, 0.1) is 5.92 Å². The van der Waals surface area contributed by atoms with Crippen molar-refractivity contribution in [3.8, 4) is 11.3 Å². The van der Waals surface area contributed by atoms with Gasteiger partial charge in [0.1, 0.15) is 11.5 Å². The van der Waals surface area contributed by atoms with Gasteiger partial charge in [0, 0.05) is 39.8 Å². The van der Waals surface area contributed by atoms with Crippen LogP contribution in [-0.4, -0.2) is 9.97 Å². The highest BCUT2D eigenvalue weighted by Crippen LogP contribution is 2.41. The number of rotatable bonds is 4. The monoisotopic (exact) mass is 388 g/mol. The molecule has 0 saturated carbocycles. The van der Waals surface area contributed by atoms with Crippen molar-refractivity contribution >= 4 is 21.8 Å². The molecule has 0 amide bonds. The molecule has 0 aliphatic rings. The quantitative estimate of drug-likeness (QED) is 0.333. The summed E-state index contributed by atoms with van der Waals surface area (Å²) in [4.78, 5) is 6.87. The van der Waals surface area contributed by atoms with Crippen molar-refractivity contribution in [2.75, 3.05) is 0 Å². The minimum atomic E-state index is -0.0187. The molecule has 3 nitrogen and oxygen atoms in total. The highest BCUT2D eigenvalue weighted by atomic mass is 16.3. The first-order chi connectivity index (χ1) is 14.9. The van der Waals surface area contributed by atoms with Gasteiger partial charge in [-0.25, -0.2) is 0 Å². The third-order valence-corrected chi connectivity index (χ3v) is 5.83. The average Bonchev–Trinajstić information content (AvgIpc) is 3.55. The number of aromatic nitrogens is 2. The van der Waals surface area contributed by atoms with E-state index in [4.69, 9.17) is 4.42 Å². The van der Waals surface area contributed by atoms with Crippen LogP contribution in [-0.2, 0) is 0 Å². The molecular formula is C27H20N2O. The molecule has 0 atom stereocenters. The summed E-state index contributed by atoms with van der Waals surface area (Å²) in [6.07, 6.45) is 4.23. The minimum absolute atomic E-state index is 0.0187. The van der Waals surface area contributed by atoms with Crippen LogP contribution in [0.3, 0.4) is 0 Å². The highest BCUT2D eigenvalue weighted by molar-refractivity contribution is 5.88. The van der Waals surface area contributed by atoms with Crippen molar-refractivity contribution in [1.29, 1.82) is 0 Å². The van der Waals surface area contributed by atoms with Gasteiger partial charge in [-0.05, 0) is 35.4 Å². The minimum Gasteiger partial charge on any atom is -0.460 e. The summed E-state index contributed by atoms with van der Waals surface area (Å²) in [5.74, 6) is 1.80. The molecule has 3 heterocycles. The Morgan fingerprint density at radius 1 is 0.567 bits per heavy atom. The van der Waals surface area contributed by atoms with Crippen LogP contribution in [0, 0.1) is 0 Å². The molecule has 2 N–H and O–H groups in total. The Labute approximate surface area is 174 Å². The first-order valence-electron chi connectivity index (χ1n) is 10.2. The van der Waals surface area contributed by atoms with E-state index in [1.807, 2.05) is 18.2 Å². The molecule has 0 aliphatic heterocycles. The molecular weight excluding hydrogens is 368 g/mol. The Balaban J connectivity index is 1.58. The topological polar surface area (TPSA) is 44.7 Å². The van der Waals surface area contributed by atoms with Crippen LogP contribution in [0.4, 0.5) is 0 Å². The molecule has 3 aromatic carbocycles. The third-order valence-electron chi connectivity index (χ3n) is 5.83. The predicted octanol–water partition coefficient (Wildman–Crippen LogP) is 7.09. The molecule has 0 radical (unpaired) electrons. The first-order valence-corrected chi connectivity index (χ1v) is 10.2. The van der Waals surface area contributed by atoms with Gasteiger partial charge in [0.15, 0.2) is 0 Å². The molecule has 3 heteroatoms. The van der Waals surface area contributed by atoms with Crippen LogP contribution in [0.15, 0.2) is 108 Å². The van der Waals surface area contributed by atoms with Gasteiger partial charge in [-0.1, -0.05) is 66.7 Å². The lowest BCUT2D eigenvalue weighted by Crippen LogP contribution is -2.01. The second kappa shape index (κ2) is 6.82. The van der Waals surface area contributed by atoms with E-state index in [0.717, 1.165) is 28.1 Å². The van der Waals surface area contributed by atoms with E-state index < -0.39 is 0 Å². The number of H-pyrrole nitrogens is 2. The van der Waals surface area contributed by atoms with Gasteiger partial charge in [-0.2, -0.15) is 0 Å². The van der Waals surface area contributed by atoms with E-state index in [9.17, 15) is 0 Å². The zero-order chi connectivity index (χ0) is 19.9. The normalized spacial score (nSPS) is 11.6. The van der Waals surface area contributed by atoms with E-state index in [1.54, 1.807) is 0 Å². The van der Waals surface area contributed by atoms with Crippen molar-refractivity contribution in [2.24, 2.45) is 0 Å². The number of hydrogen-bond acceptors (Lipinski definition) is 1. The summed E-state index contributed by atoms with van der Waals surface area (Å²) in [5.41, 5.74) is 5.77. The van der Waals surface area contributed by atoms with Crippen LogP contribution in [0.2, 0.25) is 0 Å². The van der Waals surface area contributed by atoms with Gasteiger partial charge in [-0.15, -0.1) is 0 Å². The third kappa shape index (κ3) is 2.67. The fourth-order valence-electron chi connectivity index (χ4n) is 4.41. The molecule has 0 bridgehead atoms. The fourth-order valence-corrected chi connectivity index (χ4v) is 4.41. The number of aromatic amines is 2. The second-order valence-electron chi connectivity index (χ2n) is 7.58. The van der Waals surface area contributed by atoms with Gasteiger partial charge >= 0.3 is 0 Å². The molecule has 144 valence electrons. The molecule has 30 heavy (non-hydrogen) atoms. The number of hydrogen-bond donors (Lipinski definition) is 2. The van der Waals surface area contributed by atoms with Crippen LogP contribution in [0.1, 0.15) is 22.8 Å². The van der Waals surface area contributed by atoms with Crippen molar-refractivity contribution in [3.63, 3.8) is 0 Å². The SMILES string of the molecule is c1ccc(-c2ccc(C(c3c[nH]c4ccccc34)c3c[nH]c4ccccc34)o2)cc1. The summed E-state index contributed by atoms with van der Waals surface area (Å²) in [6.45, 7) is 0. The Kier molecular flexibility index (Phi) is 3.85. The maximum atomic E-state index is 6.45. The number of furan rings is 1. The first kappa shape index (κ1) is 16.9. The second-order valence-corrected chi connectivity index (χ2v) is 7.58. The molecule has 6 rings (SSSR count). The van der Waals surface area contributed by atoms with Gasteiger partial charge < -0.3 is 14.4 Å². The maximum Gasteiger partial charge on any atom is 0.134 e. The standard InChI is InChI=1S/C27H20N2O/c1-2-8-18(9-3-1)25-14-15-26(30-25)27(21-16-28-23-12-6-4-10-19(21)23)22-17-29-24-13-7-5-11-20(22)24/h1-17,27-29H. The molecule has 0 saturated heterocycles. The Hall–Kier alpha value is -3.98. The van der Waals surface area contributed by atoms with E-state index in [-0.39, 0.29) is 5.92 Å². The maximum absolute atomic E-state index is 6.45. The fraction of sp³-hybridized carbons (Fsp3) is 0.0370. The molecule has 0 aliphatic carbocycles. The van der Waals surface area contributed by atoms with E-state index in [1.165, 1.54) is 21.9 Å². The smallest absolute Gasteiger partial charge is 0.134 e. The van der Waals surface area contributed by atoms with E-state index >= 15 is 0 Å². The summed E-state index contributed by atoms with van der Waals surface area (Å²) in [7, 11) is 0. The molecule has 6 aromatic rings. The van der Waals surface area contributed by atoms with Crippen LogP contribution in [0.25, 0.3) is 33.1 Å². The number of benzene rings is 3. The van der Waals surface area contributed by atoms with Crippen molar-refractivity contribution in [3.05, 3.63) is 120 Å². The summed E-state index contributed by atoms with van der Waals surface area (Å²) < 4.78 is 6.45. The van der Waals surface area contributed by atoms with Crippen molar-refractivity contribution in [2.45, 2.75) is 5.92 Å². The molecule has 0 fully saturated rings. The van der Waals surface area contributed by atoms with Gasteiger partial charge in [-0.3, -0.25) is 0 Å². The largest absolute Gasteiger partial charge is 0.460 e. The van der Waals surface area contributed by atoms with Crippen LogP contribution < -0.4 is 0 Å². The van der Waals surface area contributed by atoms with Crippen molar-refractivity contribution in [1.82, 2.24) is 9.97 Å². The summed E-state index contributed by atoms with van der Waals surface area (Å²) in [5, 5.41) is 2.43. The molecule has 3 aromatic heterocycles. The summed E-state index contributed by atoms with van der Waals surface area (Å²) >= 11 is 0. The van der Waals surface area contributed by atoms with E-state index in [0.29, 0.717) is 0 Å². The number of nitrogens with one attached hydrogen (secondary N) is 2. The molecule has 0 spiro atoms. The highest BCUT2D eigenvalue weighted by Gasteiger charge is 2.26. The van der Waals surface area contributed by atoms with Gasteiger partial charge in [0.2, 0.25) is 0 Å². The van der Waals surface area contributed by atoms with Crippen molar-refractivity contribution < 1.29 is 4.42 Å². The number of para-hydroxylation sites is 2. The number of fused-ring (bicyclic) bond motifs is 2. The van der Waals surface area contributed by atoms with Crippen LogP contribution >= 0.6 is 0 Å². The lowest BCUT2D eigenvalue weighted by atomic mass is 9.88. The average molecular weight is 388 g/mol. The lowest BCUT2D eigenvalue weighted by Gasteiger charge is -2.14. The van der Waals surface area contributed by atoms with E-state index in [2.05, 4.69) is 95.2 Å². The Morgan fingerprint density at radius 3 is 1.77 bits per heavy atom. The van der Waals surface area contributed by atoms with Gasteiger partial charge in [0.25, 0.3) is 0 Å².